The van der Waals surface area contributed by atoms with Crippen LogP contribution < -0.4 is 0 Å². The van der Waals surface area contributed by atoms with Gasteiger partial charge in [-0.1, -0.05) is 64.5 Å². The van der Waals surface area contributed by atoms with Crippen molar-refractivity contribution < 1.29 is 0 Å². The van der Waals surface area contributed by atoms with Crippen molar-refractivity contribution in [3.63, 3.8) is 0 Å². The Labute approximate surface area is 127 Å². The minimum atomic E-state index is 0.893. The van der Waals surface area contributed by atoms with Gasteiger partial charge in [-0.3, -0.25) is 4.98 Å². The van der Waals surface area contributed by atoms with Crippen LogP contribution in [0.2, 0.25) is 0 Å². The van der Waals surface area contributed by atoms with E-state index in [9.17, 15) is 0 Å². The molecule has 2 heteroatoms. The SMILES string of the molecule is Brc1ccc(/C=C/Cc2cncc3ccccc23)cc1. The topological polar surface area (TPSA) is 12.9 Å². The van der Waals surface area contributed by atoms with E-state index in [4.69, 9.17) is 0 Å². The van der Waals surface area contributed by atoms with Crippen LogP contribution >= 0.6 is 15.9 Å². The average Bonchev–Trinajstić information content (AvgIpc) is 2.49. The maximum Gasteiger partial charge on any atom is 0.0346 e. The Morgan fingerprint density at radius 1 is 0.950 bits per heavy atom. The quantitative estimate of drug-likeness (QED) is 0.641. The van der Waals surface area contributed by atoms with Crippen molar-refractivity contribution in [3.05, 3.63) is 82.6 Å². The number of hydrogen-bond donors (Lipinski definition) is 0. The predicted molar refractivity (Wildman–Crippen MR) is 88.6 cm³/mol. The summed E-state index contributed by atoms with van der Waals surface area (Å²) >= 11 is 3.45. The molecule has 0 N–H and O–H groups in total. The van der Waals surface area contributed by atoms with Gasteiger partial charge in [0.2, 0.25) is 0 Å². The number of pyridine rings is 1. The molecule has 0 saturated heterocycles. The first-order chi connectivity index (χ1) is 9.83. The van der Waals surface area contributed by atoms with E-state index in [-0.39, 0.29) is 0 Å². The van der Waals surface area contributed by atoms with Gasteiger partial charge < -0.3 is 0 Å². The van der Waals surface area contributed by atoms with Gasteiger partial charge in [0, 0.05) is 22.3 Å². The Bertz CT molecular complexity index is 739. The number of halogens is 1. The van der Waals surface area contributed by atoms with Gasteiger partial charge in [0.1, 0.15) is 0 Å². The molecule has 0 aliphatic carbocycles. The Balaban J connectivity index is 1.81. The monoisotopic (exact) mass is 323 g/mol. The minimum Gasteiger partial charge on any atom is -0.264 e. The largest absolute Gasteiger partial charge is 0.264 e. The van der Waals surface area contributed by atoms with E-state index in [2.05, 4.69) is 75.5 Å². The third-order valence-corrected chi connectivity index (χ3v) is 3.80. The van der Waals surface area contributed by atoms with Crippen LogP contribution in [-0.2, 0) is 6.42 Å². The predicted octanol–water partition coefficient (Wildman–Crippen LogP) is 5.25. The molecule has 0 saturated carbocycles. The van der Waals surface area contributed by atoms with Crippen LogP contribution in [0.15, 0.2) is 71.5 Å². The molecule has 0 unspecified atom stereocenters. The van der Waals surface area contributed by atoms with E-state index in [1.807, 2.05) is 18.5 Å². The third-order valence-electron chi connectivity index (χ3n) is 3.27. The molecule has 0 atom stereocenters. The van der Waals surface area contributed by atoms with Crippen LogP contribution in [0.5, 0.6) is 0 Å². The van der Waals surface area contributed by atoms with Gasteiger partial charge in [0.25, 0.3) is 0 Å². The molecular weight excluding hydrogens is 310 g/mol. The molecule has 2 aromatic carbocycles. The molecule has 20 heavy (non-hydrogen) atoms. The molecule has 98 valence electrons. The van der Waals surface area contributed by atoms with Crippen molar-refractivity contribution in [1.29, 1.82) is 0 Å². The summed E-state index contributed by atoms with van der Waals surface area (Å²) in [6.07, 6.45) is 9.09. The van der Waals surface area contributed by atoms with Crippen molar-refractivity contribution in [1.82, 2.24) is 4.98 Å². The number of allylic oxidation sites excluding steroid dienone is 1. The van der Waals surface area contributed by atoms with Gasteiger partial charge in [0.05, 0.1) is 0 Å². The molecule has 3 aromatic rings. The number of aromatic nitrogens is 1. The van der Waals surface area contributed by atoms with E-state index in [0.717, 1.165) is 10.9 Å². The van der Waals surface area contributed by atoms with Crippen molar-refractivity contribution in [2.75, 3.05) is 0 Å². The van der Waals surface area contributed by atoms with E-state index < -0.39 is 0 Å². The molecule has 1 aromatic heterocycles. The summed E-state index contributed by atoms with van der Waals surface area (Å²) in [6, 6.07) is 16.7. The summed E-state index contributed by atoms with van der Waals surface area (Å²) in [4.78, 5) is 4.31. The summed E-state index contributed by atoms with van der Waals surface area (Å²) < 4.78 is 1.10. The molecule has 3 rings (SSSR count). The molecule has 0 radical (unpaired) electrons. The van der Waals surface area contributed by atoms with E-state index >= 15 is 0 Å². The zero-order chi connectivity index (χ0) is 13.8. The Morgan fingerprint density at radius 2 is 1.75 bits per heavy atom. The molecule has 0 amide bonds. The lowest BCUT2D eigenvalue weighted by atomic mass is 10.0. The van der Waals surface area contributed by atoms with E-state index in [1.54, 1.807) is 0 Å². The van der Waals surface area contributed by atoms with Crippen molar-refractivity contribution in [2.45, 2.75) is 6.42 Å². The van der Waals surface area contributed by atoms with Crippen LogP contribution in [0.4, 0.5) is 0 Å². The number of hydrogen-bond acceptors (Lipinski definition) is 1. The van der Waals surface area contributed by atoms with Crippen LogP contribution in [0.1, 0.15) is 11.1 Å². The summed E-state index contributed by atoms with van der Waals surface area (Å²) in [5.74, 6) is 0. The molecule has 1 heterocycles. The van der Waals surface area contributed by atoms with Crippen molar-refractivity contribution >= 4 is 32.8 Å². The molecular formula is C18H14BrN. The number of fused-ring (bicyclic) bond motifs is 1. The van der Waals surface area contributed by atoms with Gasteiger partial charge in [0.15, 0.2) is 0 Å². The molecule has 0 spiro atoms. The smallest absolute Gasteiger partial charge is 0.0346 e. The number of benzene rings is 2. The molecule has 0 bridgehead atoms. The van der Waals surface area contributed by atoms with Crippen LogP contribution in [-0.4, -0.2) is 4.98 Å². The first-order valence-electron chi connectivity index (χ1n) is 6.57. The highest BCUT2D eigenvalue weighted by Gasteiger charge is 1.98. The first kappa shape index (κ1) is 13.1. The molecule has 0 aliphatic heterocycles. The fourth-order valence-electron chi connectivity index (χ4n) is 2.24. The maximum atomic E-state index is 4.31. The second kappa shape index (κ2) is 6.02. The van der Waals surface area contributed by atoms with Gasteiger partial charge in [-0.25, -0.2) is 0 Å². The average molecular weight is 324 g/mol. The van der Waals surface area contributed by atoms with Crippen molar-refractivity contribution in [2.24, 2.45) is 0 Å². The summed E-state index contributed by atoms with van der Waals surface area (Å²) in [6.45, 7) is 0. The normalized spacial score (nSPS) is 11.2. The lowest BCUT2D eigenvalue weighted by Crippen LogP contribution is -1.86. The van der Waals surface area contributed by atoms with Gasteiger partial charge in [-0.15, -0.1) is 0 Å². The van der Waals surface area contributed by atoms with Gasteiger partial charge in [-0.05, 0) is 35.1 Å². The van der Waals surface area contributed by atoms with Gasteiger partial charge >= 0.3 is 0 Å². The van der Waals surface area contributed by atoms with Crippen LogP contribution in [0.3, 0.4) is 0 Å². The second-order valence-electron chi connectivity index (χ2n) is 4.68. The fraction of sp³-hybridized carbons (Fsp3) is 0.0556. The summed E-state index contributed by atoms with van der Waals surface area (Å²) in [5, 5.41) is 2.48. The lowest BCUT2D eigenvalue weighted by molar-refractivity contribution is 1.23. The van der Waals surface area contributed by atoms with Crippen LogP contribution in [0.25, 0.3) is 16.8 Å². The number of nitrogens with zero attached hydrogens (tertiary/aromatic N) is 1. The Kier molecular flexibility index (Phi) is 3.93. The van der Waals surface area contributed by atoms with Crippen LogP contribution in [0, 0.1) is 0 Å². The highest BCUT2D eigenvalue weighted by Crippen LogP contribution is 2.18. The minimum absolute atomic E-state index is 0.893. The summed E-state index contributed by atoms with van der Waals surface area (Å²) in [5.41, 5.74) is 2.47. The highest BCUT2D eigenvalue weighted by atomic mass is 79.9. The molecule has 0 aliphatic rings. The lowest BCUT2D eigenvalue weighted by Gasteiger charge is -2.02. The third kappa shape index (κ3) is 2.97. The standard InChI is InChI=1S/C18H14BrN/c19-17-10-8-14(9-11-17)4-3-6-16-13-20-12-15-5-1-2-7-18(15)16/h1-5,7-13H,6H2/b4-3+. The Hall–Kier alpha value is -1.93. The van der Waals surface area contributed by atoms with Crippen molar-refractivity contribution in [3.8, 4) is 0 Å². The van der Waals surface area contributed by atoms with Gasteiger partial charge in [-0.2, -0.15) is 0 Å². The van der Waals surface area contributed by atoms with E-state index in [1.165, 1.54) is 21.9 Å². The molecule has 0 fully saturated rings. The maximum absolute atomic E-state index is 4.31. The fourth-order valence-corrected chi connectivity index (χ4v) is 2.50. The zero-order valence-corrected chi connectivity index (χ0v) is 12.5. The number of rotatable bonds is 3. The first-order valence-corrected chi connectivity index (χ1v) is 7.36. The van der Waals surface area contributed by atoms with E-state index in [0.29, 0.717) is 0 Å². The zero-order valence-electron chi connectivity index (χ0n) is 11.0. The Morgan fingerprint density at radius 3 is 2.60 bits per heavy atom. The highest BCUT2D eigenvalue weighted by molar-refractivity contribution is 9.10. The molecule has 1 nitrogen and oxygen atoms in total. The summed E-state index contributed by atoms with van der Waals surface area (Å²) in [7, 11) is 0. The second-order valence-corrected chi connectivity index (χ2v) is 5.59.